The van der Waals surface area contributed by atoms with E-state index in [0.717, 1.165) is 16.6 Å². The van der Waals surface area contributed by atoms with Crippen LogP contribution in [-0.2, 0) is 6.42 Å². The molecule has 0 spiro atoms. The fourth-order valence-corrected chi connectivity index (χ4v) is 3.40. The Morgan fingerprint density at radius 3 is 2.48 bits per heavy atom. The van der Waals surface area contributed by atoms with E-state index >= 15 is 0 Å². The van der Waals surface area contributed by atoms with Crippen molar-refractivity contribution in [1.29, 1.82) is 0 Å². The van der Waals surface area contributed by atoms with Gasteiger partial charge in [-0.2, -0.15) is 0 Å². The van der Waals surface area contributed by atoms with Crippen LogP contribution in [0.15, 0.2) is 40.9 Å². The van der Waals surface area contributed by atoms with Crippen molar-refractivity contribution in [1.82, 2.24) is 5.32 Å². The summed E-state index contributed by atoms with van der Waals surface area (Å²) in [7, 11) is 0. The van der Waals surface area contributed by atoms with E-state index in [0.29, 0.717) is 22.0 Å². The number of likely N-dealkylation sites (N-methyl/N-ethyl adjacent to an activating group) is 1. The normalized spacial score (nSPS) is 12.4. The first-order chi connectivity index (χ1) is 10.0. The van der Waals surface area contributed by atoms with Crippen molar-refractivity contribution in [3.05, 3.63) is 67.9 Å². The second-order valence-electron chi connectivity index (χ2n) is 4.72. The van der Waals surface area contributed by atoms with Crippen LogP contribution >= 0.6 is 39.1 Å². The Kier molecular flexibility index (Phi) is 6.06. The maximum Gasteiger partial charge on any atom is 0.126 e. The molecule has 1 unspecified atom stereocenters. The second-order valence-corrected chi connectivity index (χ2v) is 6.44. The molecule has 0 saturated heterocycles. The summed E-state index contributed by atoms with van der Waals surface area (Å²) in [6, 6.07) is 10.2. The molecule has 0 saturated carbocycles. The fourth-order valence-electron chi connectivity index (χ4n) is 2.24. The van der Waals surface area contributed by atoms with Crippen LogP contribution in [0.3, 0.4) is 0 Å². The Bertz CT molecular complexity index is 634. The van der Waals surface area contributed by atoms with Crippen molar-refractivity contribution < 1.29 is 4.39 Å². The lowest BCUT2D eigenvalue weighted by Crippen LogP contribution is -2.23. The molecule has 0 radical (unpaired) electrons. The van der Waals surface area contributed by atoms with Crippen LogP contribution in [0.1, 0.15) is 24.1 Å². The van der Waals surface area contributed by atoms with E-state index in [-0.39, 0.29) is 11.9 Å². The molecule has 0 aliphatic heterocycles. The van der Waals surface area contributed by atoms with Gasteiger partial charge in [-0.25, -0.2) is 4.39 Å². The molecule has 0 aliphatic rings. The Labute approximate surface area is 142 Å². The van der Waals surface area contributed by atoms with Crippen molar-refractivity contribution in [3.63, 3.8) is 0 Å². The minimum absolute atomic E-state index is 0.0189. The third-order valence-electron chi connectivity index (χ3n) is 3.22. The zero-order chi connectivity index (χ0) is 15.4. The first-order valence-corrected chi connectivity index (χ1v) is 8.18. The zero-order valence-electron chi connectivity index (χ0n) is 11.5. The van der Waals surface area contributed by atoms with Gasteiger partial charge in [0.1, 0.15) is 5.82 Å². The first kappa shape index (κ1) is 16.8. The average Bonchev–Trinajstić information content (AvgIpc) is 2.42. The lowest BCUT2D eigenvalue weighted by Gasteiger charge is -2.20. The van der Waals surface area contributed by atoms with Crippen LogP contribution in [-0.4, -0.2) is 6.54 Å². The van der Waals surface area contributed by atoms with E-state index in [9.17, 15) is 4.39 Å². The highest BCUT2D eigenvalue weighted by molar-refractivity contribution is 9.10. The van der Waals surface area contributed by atoms with Gasteiger partial charge in [-0.1, -0.05) is 52.1 Å². The summed E-state index contributed by atoms with van der Waals surface area (Å²) < 4.78 is 14.8. The monoisotopic (exact) mass is 389 g/mol. The van der Waals surface area contributed by atoms with Gasteiger partial charge in [0.15, 0.2) is 0 Å². The highest BCUT2D eigenvalue weighted by atomic mass is 79.9. The summed E-state index contributed by atoms with van der Waals surface area (Å²) in [5.74, 6) is -0.243. The van der Waals surface area contributed by atoms with E-state index in [1.807, 2.05) is 25.1 Å². The molecule has 1 nitrogen and oxygen atoms in total. The smallest absolute Gasteiger partial charge is 0.126 e. The molecule has 5 heteroatoms. The summed E-state index contributed by atoms with van der Waals surface area (Å²) in [5, 5.41) is 4.57. The standard InChI is InChI=1S/C16H15BrCl2FN/c1-2-21-16(13-5-3-12(19)9-14(13)17)8-10-7-11(18)4-6-15(10)20/h3-7,9,16,21H,2,8H2,1H3. The van der Waals surface area contributed by atoms with Gasteiger partial charge in [-0.05, 0) is 54.4 Å². The number of benzene rings is 2. The van der Waals surface area contributed by atoms with Gasteiger partial charge in [0.2, 0.25) is 0 Å². The first-order valence-electron chi connectivity index (χ1n) is 6.63. The molecule has 0 fully saturated rings. The summed E-state index contributed by atoms with van der Waals surface area (Å²) in [6.45, 7) is 2.80. The molecule has 0 bridgehead atoms. The van der Waals surface area contributed by atoms with E-state index < -0.39 is 0 Å². The maximum absolute atomic E-state index is 13.9. The van der Waals surface area contributed by atoms with Gasteiger partial charge in [0.05, 0.1) is 0 Å². The summed E-state index contributed by atoms with van der Waals surface area (Å²) in [6.07, 6.45) is 0.514. The van der Waals surface area contributed by atoms with Crippen molar-refractivity contribution >= 4 is 39.1 Å². The molecule has 0 amide bonds. The molecule has 2 aromatic rings. The molecule has 2 rings (SSSR count). The third kappa shape index (κ3) is 4.43. The van der Waals surface area contributed by atoms with Crippen LogP contribution in [0.4, 0.5) is 4.39 Å². The molecule has 0 heterocycles. The molecule has 0 aromatic heterocycles. The Morgan fingerprint density at radius 1 is 1.14 bits per heavy atom. The summed E-state index contributed by atoms with van der Waals surface area (Å²) in [4.78, 5) is 0. The van der Waals surface area contributed by atoms with Gasteiger partial charge in [-0.15, -0.1) is 0 Å². The molecule has 21 heavy (non-hydrogen) atoms. The van der Waals surface area contributed by atoms with Crippen molar-refractivity contribution in [2.24, 2.45) is 0 Å². The molecular formula is C16H15BrCl2FN. The van der Waals surface area contributed by atoms with Crippen LogP contribution in [0.2, 0.25) is 10.0 Å². The number of nitrogens with one attached hydrogen (secondary N) is 1. The average molecular weight is 391 g/mol. The van der Waals surface area contributed by atoms with E-state index in [4.69, 9.17) is 23.2 Å². The number of rotatable bonds is 5. The largest absolute Gasteiger partial charge is 0.310 e. The number of hydrogen-bond acceptors (Lipinski definition) is 1. The Hall–Kier alpha value is -0.610. The van der Waals surface area contributed by atoms with Crippen LogP contribution in [0.5, 0.6) is 0 Å². The molecule has 0 aliphatic carbocycles. The lowest BCUT2D eigenvalue weighted by atomic mass is 9.98. The van der Waals surface area contributed by atoms with Gasteiger partial charge in [-0.3, -0.25) is 0 Å². The van der Waals surface area contributed by atoms with Crippen molar-refractivity contribution in [2.75, 3.05) is 6.54 Å². The zero-order valence-corrected chi connectivity index (χ0v) is 14.6. The fraction of sp³-hybridized carbons (Fsp3) is 0.250. The Morgan fingerprint density at radius 2 is 1.81 bits per heavy atom. The van der Waals surface area contributed by atoms with Gasteiger partial charge < -0.3 is 5.32 Å². The number of hydrogen-bond donors (Lipinski definition) is 1. The molecular weight excluding hydrogens is 376 g/mol. The predicted molar refractivity (Wildman–Crippen MR) is 90.7 cm³/mol. The van der Waals surface area contributed by atoms with Crippen LogP contribution in [0, 0.1) is 5.82 Å². The highest BCUT2D eigenvalue weighted by Crippen LogP contribution is 2.30. The van der Waals surface area contributed by atoms with E-state index in [1.54, 1.807) is 12.1 Å². The quantitative estimate of drug-likeness (QED) is 0.681. The van der Waals surface area contributed by atoms with Gasteiger partial charge >= 0.3 is 0 Å². The number of halogens is 4. The highest BCUT2D eigenvalue weighted by Gasteiger charge is 2.16. The molecule has 2 aromatic carbocycles. The van der Waals surface area contributed by atoms with Crippen molar-refractivity contribution in [2.45, 2.75) is 19.4 Å². The molecule has 1 atom stereocenters. The van der Waals surface area contributed by atoms with Gasteiger partial charge in [0, 0.05) is 20.6 Å². The maximum atomic E-state index is 13.9. The molecule has 112 valence electrons. The topological polar surface area (TPSA) is 12.0 Å². The van der Waals surface area contributed by atoms with Crippen molar-refractivity contribution in [3.8, 4) is 0 Å². The van der Waals surface area contributed by atoms with Crippen LogP contribution in [0.25, 0.3) is 0 Å². The summed E-state index contributed by atoms with van der Waals surface area (Å²) >= 11 is 15.5. The summed E-state index contributed by atoms with van der Waals surface area (Å²) in [5.41, 5.74) is 1.64. The van der Waals surface area contributed by atoms with Gasteiger partial charge in [0.25, 0.3) is 0 Å². The SMILES string of the molecule is CCNC(Cc1cc(Cl)ccc1F)c1ccc(Cl)cc1Br. The van der Waals surface area contributed by atoms with E-state index in [2.05, 4.69) is 21.2 Å². The van der Waals surface area contributed by atoms with Crippen LogP contribution < -0.4 is 5.32 Å². The second kappa shape index (κ2) is 7.59. The third-order valence-corrected chi connectivity index (χ3v) is 4.38. The Balaban J connectivity index is 2.32. The minimum Gasteiger partial charge on any atom is -0.310 e. The predicted octanol–water partition coefficient (Wildman–Crippen LogP) is 5.79. The molecule has 1 N–H and O–H groups in total. The lowest BCUT2D eigenvalue weighted by molar-refractivity contribution is 0.526. The van der Waals surface area contributed by atoms with E-state index in [1.165, 1.54) is 6.07 Å². The minimum atomic E-state index is -0.243.